The summed E-state index contributed by atoms with van der Waals surface area (Å²) in [7, 11) is 1.76. The van der Waals surface area contributed by atoms with Crippen molar-refractivity contribution in [2.24, 2.45) is 10.7 Å². The summed E-state index contributed by atoms with van der Waals surface area (Å²) in [5.41, 5.74) is 6.48. The summed E-state index contributed by atoms with van der Waals surface area (Å²) in [4.78, 5) is 3.89. The van der Waals surface area contributed by atoms with Gasteiger partial charge in [-0.2, -0.15) is 0 Å². The van der Waals surface area contributed by atoms with E-state index in [4.69, 9.17) is 5.73 Å². The van der Waals surface area contributed by atoms with Gasteiger partial charge in [0.15, 0.2) is 0 Å². The molecule has 0 heterocycles. The minimum absolute atomic E-state index is 1.05. The summed E-state index contributed by atoms with van der Waals surface area (Å²) >= 11 is 0. The molecule has 0 aliphatic heterocycles. The Morgan fingerprint density at radius 2 is 2.30 bits per heavy atom. The monoisotopic (exact) mass is 140 g/mol. The lowest BCUT2D eigenvalue weighted by Crippen LogP contribution is -1.90. The molecule has 10 heavy (non-hydrogen) atoms. The number of hydrogen-bond acceptors (Lipinski definition) is 2. The van der Waals surface area contributed by atoms with Gasteiger partial charge in [0.2, 0.25) is 0 Å². The molecule has 0 saturated heterocycles. The molecular weight excluding hydrogens is 124 g/mol. The van der Waals surface area contributed by atoms with Crippen LogP contribution in [0.3, 0.4) is 0 Å². The summed E-state index contributed by atoms with van der Waals surface area (Å²) in [5, 5.41) is 0. The molecule has 0 fully saturated rings. The van der Waals surface area contributed by atoms with Crippen LogP contribution in [0.1, 0.15) is 26.2 Å². The molecule has 0 aliphatic rings. The van der Waals surface area contributed by atoms with E-state index in [0.717, 1.165) is 12.0 Å². The number of nitrogens with zero attached hydrogens (tertiary/aromatic N) is 1. The Balaban J connectivity index is 3.62. The van der Waals surface area contributed by atoms with Gasteiger partial charge in [-0.3, -0.25) is 4.99 Å². The third-order valence-electron chi connectivity index (χ3n) is 1.33. The molecule has 0 aliphatic carbocycles. The second-order valence-corrected chi connectivity index (χ2v) is 2.23. The first kappa shape index (κ1) is 9.21. The number of allylic oxidation sites excluding steroid dienone is 1. The zero-order chi connectivity index (χ0) is 7.82. The maximum absolute atomic E-state index is 5.35. The SMILES string of the molecule is CCCC/C(C=NC)=C/N. The maximum Gasteiger partial charge on any atom is 0.0277 e. The van der Waals surface area contributed by atoms with Gasteiger partial charge in [-0.15, -0.1) is 0 Å². The lowest BCUT2D eigenvalue weighted by atomic mass is 10.1. The lowest BCUT2D eigenvalue weighted by Gasteiger charge is -1.96. The van der Waals surface area contributed by atoms with Crippen molar-refractivity contribution in [1.82, 2.24) is 0 Å². The number of unbranched alkanes of at least 4 members (excludes halogenated alkanes) is 1. The largest absolute Gasteiger partial charge is 0.404 e. The van der Waals surface area contributed by atoms with Gasteiger partial charge in [0.25, 0.3) is 0 Å². The number of aliphatic imine (C=N–C) groups is 1. The normalized spacial score (nSPS) is 12.8. The molecule has 0 aromatic carbocycles. The smallest absolute Gasteiger partial charge is 0.0277 e. The Morgan fingerprint density at radius 3 is 2.70 bits per heavy atom. The van der Waals surface area contributed by atoms with Crippen molar-refractivity contribution < 1.29 is 0 Å². The van der Waals surface area contributed by atoms with Crippen LogP contribution in [-0.2, 0) is 0 Å². The average molecular weight is 140 g/mol. The summed E-state index contributed by atoms with van der Waals surface area (Å²) in [6.45, 7) is 2.16. The first-order valence-electron chi connectivity index (χ1n) is 3.68. The highest BCUT2D eigenvalue weighted by Crippen LogP contribution is 2.02. The standard InChI is InChI=1S/C8H16N2/c1-3-4-5-8(6-9)7-10-2/h6-7H,3-5,9H2,1-2H3/b8-6-,10-7?. The summed E-state index contributed by atoms with van der Waals surface area (Å²) < 4.78 is 0. The Bertz CT molecular complexity index is 125. The molecule has 0 bridgehead atoms. The quantitative estimate of drug-likeness (QED) is 0.593. The van der Waals surface area contributed by atoms with Crippen LogP contribution in [0.25, 0.3) is 0 Å². The van der Waals surface area contributed by atoms with Gasteiger partial charge in [0, 0.05) is 13.3 Å². The fourth-order valence-corrected chi connectivity index (χ4v) is 0.738. The van der Waals surface area contributed by atoms with Gasteiger partial charge in [0.1, 0.15) is 0 Å². The van der Waals surface area contributed by atoms with Gasteiger partial charge in [-0.1, -0.05) is 13.3 Å². The van der Waals surface area contributed by atoms with E-state index in [1.54, 1.807) is 13.2 Å². The van der Waals surface area contributed by atoms with Crippen LogP contribution in [0.2, 0.25) is 0 Å². The van der Waals surface area contributed by atoms with Crippen LogP contribution in [0.15, 0.2) is 16.8 Å². The maximum atomic E-state index is 5.35. The predicted octanol–water partition coefficient (Wildman–Crippen LogP) is 1.72. The predicted molar refractivity (Wildman–Crippen MR) is 46.2 cm³/mol. The van der Waals surface area contributed by atoms with Crippen LogP contribution in [-0.4, -0.2) is 13.3 Å². The van der Waals surface area contributed by atoms with Crippen LogP contribution in [0, 0.1) is 0 Å². The second kappa shape index (κ2) is 6.33. The lowest BCUT2D eigenvalue weighted by molar-refractivity contribution is 0.803. The highest BCUT2D eigenvalue weighted by molar-refractivity contribution is 5.77. The number of hydrogen-bond donors (Lipinski definition) is 1. The van der Waals surface area contributed by atoms with Gasteiger partial charge in [-0.05, 0) is 24.6 Å². The zero-order valence-electron chi connectivity index (χ0n) is 6.80. The Morgan fingerprint density at radius 1 is 1.60 bits per heavy atom. The first-order valence-corrected chi connectivity index (χ1v) is 3.68. The number of rotatable bonds is 4. The number of nitrogens with two attached hydrogens (primary N) is 1. The molecule has 0 aromatic heterocycles. The minimum Gasteiger partial charge on any atom is -0.404 e. The third kappa shape index (κ3) is 4.13. The molecule has 0 amide bonds. The fourth-order valence-electron chi connectivity index (χ4n) is 0.738. The molecule has 2 N–H and O–H groups in total. The van der Waals surface area contributed by atoms with Gasteiger partial charge in [0.05, 0.1) is 0 Å². The van der Waals surface area contributed by atoms with Crippen LogP contribution < -0.4 is 5.73 Å². The van der Waals surface area contributed by atoms with Crippen molar-refractivity contribution in [2.75, 3.05) is 7.05 Å². The van der Waals surface area contributed by atoms with Gasteiger partial charge in [-0.25, -0.2) is 0 Å². The van der Waals surface area contributed by atoms with E-state index in [0.29, 0.717) is 0 Å². The molecule has 0 unspecified atom stereocenters. The minimum atomic E-state index is 1.05. The molecule has 0 spiro atoms. The molecule has 0 rings (SSSR count). The molecule has 0 radical (unpaired) electrons. The topological polar surface area (TPSA) is 38.4 Å². The molecular formula is C8H16N2. The van der Waals surface area contributed by atoms with Crippen molar-refractivity contribution in [1.29, 1.82) is 0 Å². The molecule has 2 heteroatoms. The molecule has 0 saturated carbocycles. The molecule has 0 aromatic rings. The zero-order valence-corrected chi connectivity index (χ0v) is 6.80. The van der Waals surface area contributed by atoms with Crippen LogP contribution in [0.4, 0.5) is 0 Å². The fraction of sp³-hybridized carbons (Fsp3) is 0.625. The van der Waals surface area contributed by atoms with Crippen LogP contribution >= 0.6 is 0 Å². The van der Waals surface area contributed by atoms with Crippen molar-refractivity contribution in [3.63, 3.8) is 0 Å². The van der Waals surface area contributed by atoms with E-state index in [1.807, 2.05) is 6.21 Å². The summed E-state index contributed by atoms with van der Waals surface area (Å²) in [6.07, 6.45) is 6.88. The average Bonchev–Trinajstić information content (AvgIpc) is 1.98. The molecule has 58 valence electrons. The van der Waals surface area contributed by atoms with E-state index in [9.17, 15) is 0 Å². The van der Waals surface area contributed by atoms with Crippen LogP contribution in [0.5, 0.6) is 0 Å². The summed E-state index contributed by atoms with van der Waals surface area (Å²) in [5.74, 6) is 0. The second-order valence-electron chi connectivity index (χ2n) is 2.23. The van der Waals surface area contributed by atoms with E-state index in [2.05, 4.69) is 11.9 Å². The molecule has 0 atom stereocenters. The Kier molecular flexibility index (Phi) is 5.83. The van der Waals surface area contributed by atoms with E-state index in [1.165, 1.54) is 12.8 Å². The Labute approximate surface area is 62.8 Å². The van der Waals surface area contributed by atoms with Crippen molar-refractivity contribution in [2.45, 2.75) is 26.2 Å². The van der Waals surface area contributed by atoms with E-state index < -0.39 is 0 Å². The third-order valence-corrected chi connectivity index (χ3v) is 1.33. The summed E-state index contributed by atoms with van der Waals surface area (Å²) in [6, 6.07) is 0. The first-order chi connectivity index (χ1) is 4.85. The van der Waals surface area contributed by atoms with Crippen molar-refractivity contribution in [3.8, 4) is 0 Å². The highest BCUT2D eigenvalue weighted by Gasteiger charge is 1.89. The van der Waals surface area contributed by atoms with Gasteiger partial charge < -0.3 is 5.73 Å². The Hall–Kier alpha value is -0.790. The van der Waals surface area contributed by atoms with Gasteiger partial charge >= 0.3 is 0 Å². The van der Waals surface area contributed by atoms with E-state index >= 15 is 0 Å². The van der Waals surface area contributed by atoms with Crippen molar-refractivity contribution >= 4 is 6.21 Å². The van der Waals surface area contributed by atoms with Crippen molar-refractivity contribution in [3.05, 3.63) is 11.8 Å². The highest BCUT2D eigenvalue weighted by atomic mass is 14.6. The molecule has 2 nitrogen and oxygen atoms in total. The van der Waals surface area contributed by atoms with E-state index in [-0.39, 0.29) is 0 Å².